The Morgan fingerprint density at radius 3 is 2.48 bits per heavy atom. The van der Waals surface area contributed by atoms with Gasteiger partial charge in [0.25, 0.3) is 5.91 Å². The zero-order valence-corrected chi connectivity index (χ0v) is 15.8. The van der Waals surface area contributed by atoms with Gasteiger partial charge in [-0.15, -0.1) is 0 Å². The minimum Gasteiger partial charge on any atom is -0.449 e. The first-order valence-corrected chi connectivity index (χ1v) is 9.84. The first kappa shape index (κ1) is 20.1. The lowest BCUT2D eigenvalue weighted by atomic mass is 10.1. The number of esters is 1. The Bertz CT molecular complexity index is 1040. The van der Waals surface area contributed by atoms with E-state index in [2.05, 4.69) is 5.32 Å². The molecule has 1 atom stereocenters. The van der Waals surface area contributed by atoms with Crippen molar-refractivity contribution in [1.82, 2.24) is 0 Å². The van der Waals surface area contributed by atoms with Crippen molar-refractivity contribution in [2.24, 2.45) is 0 Å². The predicted octanol–water partition coefficient (Wildman–Crippen LogP) is 2.45. The molecule has 0 aliphatic heterocycles. The molecule has 27 heavy (non-hydrogen) atoms. The second kappa shape index (κ2) is 8.01. The molecule has 0 unspecified atom stereocenters. The molecular weight excluding hydrogens is 368 g/mol. The zero-order chi connectivity index (χ0) is 20.2. The van der Waals surface area contributed by atoms with Crippen molar-refractivity contribution in [2.75, 3.05) is 11.6 Å². The number of rotatable bonds is 5. The predicted molar refractivity (Wildman–Crippen MR) is 99.0 cm³/mol. The van der Waals surface area contributed by atoms with Crippen LogP contribution in [0.3, 0.4) is 0 Å². The fraction of sp³-hybridized carbons (Fsp3) is 0.211. The third kappa shape index (κ3) is 4.92. The van der Waals surface area contributed by atoms with Crippen LogP contribution in [0.15, 0.2) is 47.4 Å². The quantitative estimate of drug-likeness (QED) is 0.790. The fourth-order valence-corrected chi connectivity index (χ4v) is 2.90. The van der Waals surface area contributed by atoms with Crippen LogP contribution in [0, 0.1) is 18.3 Å². The van der Waals surface area contributed by atoms with Crippen LogP contribution in [0.25, 0.3) is 0 Å². The number of nitriles is 1. The normalized spacial score (nSPS) is 11.9. The average molecular weight is 386 g/mol. The van der Waals surface area contributed by atoms with Crippen molar-refractivity contribution in [3.63, 3.8) is 0 Å². The monoisotopic (exact) mass is 386 g/mol. The van der Waals surface area contributed by atoms with E-state index in [0.29, 0.717) is 11.3 Å². The average Bonchev–Trinajstić information content (AvgIpc) is 2.61. The molecule has 140 valence electrons. The molecule has 2 aromatic carbocycles. The van der Waals surface area contributed by atoms with Gasteiger partial charge in [-0.1, -0.05) is 18.2 Å². The van der Waals surface area contributed by atoms with E-state index in [-0.39, 0.29) is 16.0 Å². The molecule has 2 rings (SSSR count). The molecule has 0 aromatic heterocycles. The molecule has 8 heteroatoms. The second-order valence-electron chi connectivity index (χ2n) is 5.94. The van der Waals surface area contributed by atoms with Gasteiger partial charge in [-0.3, -0.25) is 4.79 Å². The van der Waals surface area contributed by atoms with Gasteiger partial charge in [-0.2, -0.15) is 5.26 Å². The highest BCUT2D eigenvalue weighted by atomic mass is 32.2. The summed E-state index contributed by atoms with van der Waals surface area (Å²) in [7, 11) is -3.49. The third-order valence-corrected chi connectivity index (χ3v) is 4.93. The van der Waals surface area contributed by atoms with Gasteiger partial charge in [0.1, 0.15) is 6.07 Å². The highest BCUT2D eigenvalue weighted by Gasteiger charge is 2.22. The molecule has 0 radical (unpaired) electrons. The summed E-state index contributed by atoms with van der Waals surface area (Å²) in [6.07, 6.45) is -0.110. The number of aryl methyl sites for hydroxylation is 1. The number of benzene rings is 2. The molecule has 1 amide bonds. The van der Waals surface area contributed by atoms with E-state index in [0.717, 1.165) is 6.26 Å². The van der Waals surface area contributed by atoms with E-state index >= 15 is 0 Å². The molecular formula is C19H18N2O5S. The maximum atomic E-state index is 12.4. The van der Waals surface area contributed by atoms with Crippen LogP contribution in [0.5, 0.6) is 0 Å². The number of amides is 1. The maximum absolute atomic E-state index is 12.4. The molecule has 0 fully saturated rings. The van der Waals surface area contributed by atoms with Gasteiger partial charge in [-0.05, 0) is 43.7 Å². The Kier molecular flexibility index (Phi) is 5.98. The van der Waals surface area contributed by atoms with Crippen molar-refractivity contribution in [3.8, 4) is 6.07 Å². The zero-order valence-electron chi connectivity index (χ0n) is 15.0. The van der Waals surface area contributed by atoms with Crippen molar-refractivity contribution in [3.05, 3.63) is 59.2 Å². The number of anilines is 1. The van der Waals surface area contributed by atoms with Crippen LogP contribution in [0.1, 0.15) is 28.4 Å². The first-order chi connectivity index (χ1) is 12.6. The van der Waals surface area contributed by atoms with Crippen LogP contribution in [0.4, 0.5) is 5.69 Å². The number of sulfone groups is 1. The number of para-hydroxylation sites is 1. The summed E-state index contributed by atoms with van der Waals surface area (Å²) < 4.78 is 28.5. The van der Waals surface area contributed by atoms with Gasteiger partial charge in [0.05, 0.1) is 21.7 Å². The molecule has 7 nitrogen and oxygen atoms in total. The standard InChI is InChI=1S/C19H18N2O5S/c1-12-8-9-15(27(3,24)25)10-16(12)19(23)26-13(2)18(22)21-17-7-5-4-6-14(17)11-20/h4-10,13H,1-3H3,(H,21,22)/t13-/m1/s1. The number of nitrogens with zero attached hydrogens (tertiary/aromatic N) is 1. The van der Waals surface area contributed by atoms with Gasteiger partial charge in [-0.25, -0.2) is 13.2 Å². The minimum atomic E-state index is -3.49. The Balaban J connectivity index is 2.16. The van der Waals surface area contributed by atoms with Crippen LogP contribution < -0.4 is 5.32 Å². The summed E-state index contributed by atoms with van der Waals surface area (Å²) >= 11 is 0. The summed E-state index contributed by atoms with van der Waals surface area (Å²) in [6, 6.07) is 12.5. The minimum absolute atomic E-state index is 0.0138. The molecule has 1 N–H and O–H groups in total. The lowest BCUT2D eigenvalue weighted by Gasteiger charge is -2.15. The van der Waals surface area contributed by atoms with Crippen molar-refractivity contribution >= 4 is 27.4 Å². The molecule has 0 saturated heterocycles. The van der Waals surface area contributed by atoms with E-state index in [4.69, 9.17) is 10.00 Å². The highest BCUT2D eigenvalue weighted by Crippen LogP contribution is 2.18. The van der Waals surface area contributed by atoms with E-state index in [1.165, 1.54) is 25.1 Å². The fourth-order valence-electron chi connectivity index (χ4n) is 2.25. The number of carbonyl (C=O) groups excluding carboxylic acids is 2. The van der Waals surface area contributed by atoms with Gasteiger partial charge in [0, 0.05) is 6.26 Å². The van der Waals surface area contributed by atoms with E-state index in [1.807, 2.05) is 6.07 Å². The Hall–Kier alpha value is -3.18. The van der Waals surface area contributed by atoms with Crippen molar-refractivity contribution in [2.45, 2.75) is 24.8 Å². The second-order valence-corrected chi connectivity index (χ2v) is 7.96. The molecule has 0 heterocycles. The number of ether oxygens (including phenoxy) is 1. The number of nitrogens with one attached hydrogen (secondary N) is 1. The van der Waals surface area contributed by atoms with Gasteiger partial charge in [0.2, 0.25) is 0 Å². The van der Waals surface area contributed by atoms with Crippen LogP contribution in [0.2, 0.25) is 0 Å². The van der Waals surface area contributed by atoms with E-state index in [9.17, 15) is 18.0 Å². The maximum Gasteiger partial charge on any atom is 0.339 e. The molecule has 0 saturated carbocycles. The molecule has 2 aromatic rings. The molecule has 0 aliphatic rings. The van der Waals surface area contributed by atoms with E-state index < -0.39 is 27.8 Å². The van der Waals surface area contributed by atoms with Gasteiger partial charge >= 0.3 is 5.97 Å². The largest absolute Gasteiger partial charge is 0.449 e. The third-order valence-electron chi connectivity index (χ3n) is 3.82. The van der Waals surface area contributed by atoms with Crippen LogP contribution >= 0.6 is 0 Å². The van der Waals surface area contributed by atoms with Crippen LogP contribution in [-0.4, -0.2) is 32.7 Å². The van der Waals surface area contributed by atoms with Crippen molar-refractivity contribution in [1.29, 1.82) is 5.26 Å². The number of hydrogen-bond donors (Lipinski definition) is 1. The lowest BCUT2D eigenvalue weighted by Crippen LogP contribution is -2.30. The summed E-state index contributed by atoms with van der Waals surface area (Å²) in [5.74, 6) is -1.42. The van der Waals surface area contributed by atoms with Gasteiger partial charge in [0.15, 0.2) is 15.9 Å². The SMILES string of the molecule is Cc1ccc(S(C)(=O)=O)cc1C(=O)O[C@H](C)C(=O)Nc1ccccc1C#N. The summed E-state index contributed by atoms with van der Waals surface area (Å²) in [5, 5.41) is 11.6. The molecule has 0 aliphatic carbocycles. The Morgan fingerprint density at radius 1 is 1.19 bits per heavy atom. The van der Waals surface area contributed by atoms with E-state index in [1.54, 1.807) is 31.2 Å². The summed E-state index contributed by atoms with van der Waals surface area (Å²) in [6.45, 7) is 3.02. The number of carbonyl (C=O) groups is 2. The first-order valence-electron chi connectivity index (χ1n) is 7.95. The van der Waals surface area contributed by atoms with Crippen molar-refractivity contribution < 1.29 is 22.7 Å². The molecule has 0 spiro atoms. The topological polar surface area (TPSA) is 113 Å². The Labute approximate surface area is 157 Å². The smallest absolute Gasteiger partial charge is 0.339 e. The lowest BCUT2D eigenvalue weighted by molar-refractivity contribution is -0.123. The number of hydrogen-bond acceptors (Lipinski definition) is 6. The molecule has 0 bridgehead atoms. The summed E-state index contributed by atoms with van der Waals surface area (Å²) in [4.78, 5) is 24.6. The van der Waals surface area contributed by atoms with Crippen LogP contribution in [-0.2, 0) is 19.4 Å². The summed E-state index contributed by atoms with van der Waals surface area (Å²) in [5.41, 5.74) is 1.18. The van der Waals surface area contributed by atoms with Gasteiger partial charge < -0.3 is 10.1 Å². The Morgan fingerprint density at radius 2 is 1.85 bits per heavy atom. The highest BCUT2D eigenvalue weighted by molar-refractivity contribution is 7.90.